The van der Waals surface area contributed by atoms with Crippen LogP contribution in [-0.2, 0) is 0 Å². The van der Waals surface area contributed by atoms with E-state index in [1.165, 1.54) is 4.90 Å². The third-order valence-electron chi connectivity index (χ3n) is 3.23. The van der Waals surface area contributed by atoms with Gasteiger partial charge in [-0.2, -0.15) is 0 Å². The third kappa shape index (κ3) is 2.06. The summed E-state index contributed by atoms with van der Waals surface area (Å²) in [6, 6.07) is 6.04. The van der Waals surface area contributed by atoms with Crippen LogP contribution in [-0.4, -0.2) is 18.0 Å². The molecule has 0 spiro atoms. The summed E-state index contributed by atoms with van der Waals surface area (Å²) >= 11 is 1.69. The molecule has 88 valence electrons. The second kappa shape index (κ2) is 4.68. The molecule has 0 amide bonds. The van der Waals surface area contributed by atoms with E-state index in [4.69, 9.17) is 4.74 Å². The Hall–Kier alpha value is -0.670. The molecule has 2 atom stereocenters. The highest BCUT2D eigenvalue weighted by molar-refractivity contribution is 7.98. The van der Waals surface area contributed by atoms with Gasteiger partial charge in [0.05, 0.1) is 12.7 Å². The minimum absolute atomic E-state index is 0.202. The fourth-order valence-corrected chi connectivity index (χ4v) is 2.50. The lowest BCUT2D eigenvalue weighted by Gasteiger charge is -2.32. The van der Waals surface area contributed by atoms with Crippen molar-refractivity contribution < 1.29 is 9.84 Å². The average Bonchev–Trinajstić information content (AvgIpc) is 2.28. The van der Waals surface area contributed by atoms with Gasteiger partial charge in [0.1, 0.15) is 5.75 Å². The molecule has 1 aromatic carbocycles. The standard InChI is InChI=1S/C13H18O2S/c1-8(2)11-7-15-12-6-9(16-3)4-5-10(12)13(11)14/h4-6,8,11,13-14H,7H2,1-3H3. The Kier molecular flexibility index (Phi) is 3.45. The number of rotatable bonds is 2. The first kappa shape index (κ1) is 11.8. The van der Waals surface area contributed by atoms with Crippen molar-refractivity contribution in [2.45, 2.75) is 24.8 Å². The van der Waals surface area contributed by atoms with Crippen molar-refractivity contribution in [3.8, 4) is 5.75 Å². The molecule has 1 aliphatic rings. The van der Waals surface area contributed by atoms with Crippen LogP contribution >= 0.6 is 11.8 Å². The van der Waals surface area contributed by atoms with Crippen LogP contribution in [0.2, 0.25) is 0 Å². The first-order valence-electron chi connectivity index (χ1n) is 5.62. The highest BCUT2D eigenvalue weighted by atomic mass is 32.2. The predicted molar refractivity (Wildman–Crippen MR) is 67.0 cm³/mol. The van der Waals surface area contributed by atoms with E-state index in [0.717, 1.165) is 11.3 Å². The van der Waals surface area contributed by atoms with E-state index in [2.05, 4.69) is 13.8 Å². The molecule has 2 unspecified atom stereocenters. The van der Waals surface area contributed by atoms with Crippen molar-refractivity contribution in [3.05, 3.63) is 23.8 Å². The van der Waals surface area contributed by atoms with Crippen molar-refractivity contribution in [2.75, 3.05) is 12.9 Å². The summed E-state index contributed by atoms with van der Waals surface area (Å²) < 4.78 is 5.74. The fourth-order valence-electron chi connectivity index (χ4n) is 2.08. The normalized spacial score (nSPS) is 24.1. The molecule has 16 heavy (non-hydrogen) atoms. The van der Waals surface area contributed by atoms with Crippen molar-refractivity contribution in [1.82, 2.24) is 0 Å². The molecular weight excluding hydrogens is 220 g/mol. The van der Waals surface area contributed by atoms with Gasteiger partial charge in [0.15, 0.2) is 0 Å². The maximum Gasteiger partial charge on any atom is 0.126 e. The van der Waals surface area contributed by atoms with E-state index < -0.39 is 0 Å². The highest BCUT2D eigenvalue weighted by Crippen LogP contribution is 2.39. The molecule has 0 aromatic heterocycles. The minimum Gasteiger partial charge on any atom is -0.493 e. The van der Waals surface area contributed by atoms with Gasteiger partial charge in [-0.05, 0) is 24.3 Å². The smallest absolute Gasteiger partial charge is 0.126 e. The Morgan fingerprint density at radius 3 is 2.81 bits per heavy atom. The average molecular weight is 238 g/mol. The van der Waals surface area contributed by atoms with Crippen LogP contribution in [0.3, 0.4) is 0 Å². The zero-order valence-corrected chi connectivity index (χ0v) is 10.8. The van der Waals surface area contributed by atoms with Gasteiger partial charge >= 0.3 is 0 Å². The second-order valence-corrected chi connectivity index (χ2v) is 5.45. The van der Waals surface area contributed by atoms with Crippen LogP contribution in [0.5, 0.6) is 5.75 Å². The van der Waals surface area contributed by atoms with Gasteiger partial charge in [-0.1, -0.05) is 19.9 Å². The Bertz CT molecular complexity index is 376. The van der Waals surface area contributed by atoms with E-state index in [1.54, 1.807) is 11.8 Å². The van der Waals surface area contributed by atoms with Gasteiger partial charge in [-0.15, -0.1) is 11.8 Å². The first-order valence-corrected chi connectivity index (χ1v) is 6.84. The Morgan fingerprint density at radius 2 is 2.19 bits per heavy atom. The van der Waals surface area contributed by atoms with E-state index in [0.29, 0.717) is 12.5 Å². The summed E-state index contributed by atoms with van der Waals surface area (Å²) in [5.74, 6) is 1.48. The molecule has 2 rings (SSSR count). The number of ether oxygens (including phenoxy) is 1. The van der Waals surface area contributed by atoms with Crippen LogP contribution in [0.1, 0.15) is 25.5 Å². The Balaban J connectivity index is 2.31. The molecule has 1 aliphatic heterocycles. The van der Waals surface area contributed by atoms with Gasteiger partial charge in [0.25, 0.3) is 0 Å². The number of aliphatic hydroxyl groups is 1. The monoisotopic (exact) mass is 238 g/mol. The van der Waals surface area contributed by atoms with Crippen molar-refractivity contribution in [3.63, 3.8) is 0 Å². The molecule has 1 aromatic rings. The third-order valence-corrected chi connectivity index (χ3v) is 3.96. The zero-order valence-electron chi connectivity index (χ0n) is 9.93. The number of benzene rings is 1. The van der Waals surface area contributed by atoms with Crippen molar-refractivity contribution in [2.24, 2.45) is 11.8 Å². The van der Waals surface area contributed by atoms with E-state index in [1.807, 2.05) is 24.5 Å². The SMILES string of the molecule is CSc1ccc2c(c1)OCC(C(C)C)C2O. The molecule has 0 saturated heterocycles. The number of hydrogen-bond donors (Lipinski definition) is 1. The van der Waals surface area contributed by atoms with Crippen molar-refractivity contribution in [1.29, 1.82) is 0 Å². The topological polar surface area (TPSA) is 29.5 Å². The summed E-state index contributed by atoms with van der Waals surface area (Å²) in [5.41, 5.74) is 0.933. The van der Waals surface area contributed by atoms with Gasteiger partial charge < -0.3 is 9.84 Å². The zero-order chi connectivity index (χ0) is 11.7. The largest absolute Gasteiger partial charge is 0.493 e. The van der Waals surface area contributed by atoms with Crippen molar-refractivity contribution >= 4 is 11.8 Å². The highest BCUT2D eigenvalue weighted by Gasteiger charge is 2.31. The summed E-state index contributed by atoms with van der Waals surface area (Å²) in [7, 11) is 0. The molecular formula is C13H18O2S. The molecule has 0 radical (unpaired) electrons. The quantitative estimate of drug-likeness (QED) is 0.803. The van der Waals surface area contributed by atoms with Crippen LogP contribution in [0, 0.1) is 11.8 Å². The summed E-state index contributed by atoms with van der Waals surface area (Å²) in [4.78, 5) is 1.17. The molecule has 0 aliphatic carbocycles. The molecule has 1 heterocycles. The van der Waals surface area contributed by atoms with Gasteiger partial charge in [-0.3, -0.25) is 0 Å². The summed E-state index contributed by atoms with van der Waals surface area (Å²) in [6.45, 7) is 4.86. The van der Waals surface area contributed by atoms with E-state index in [-0.39, 0.29) is 12.0 Å². The number of fused-ring (bicyclic) bond motifs is 1. The van der Waals surface area contributed by atoms with Crippen LogP contribution in [0.4, 0.5) is 0 Å². The lowest BCUT2D eigenvalue weighted by atomic mass is 9.85. The molecule has 2 nitrogen and oxygen atoms in total. The lowest BCUT2D eigenvalue weighted by Crippen LogP contribution is -2.29. The van der Waals surface area contributed by atoms with Crippen LogP contribution in [0.25, 0.3) is 0 Å². The number of thioether (sulfide) groups is 1. The maximum atomic E-state index is 10.3. The van der Waals surface area contributed by atoms with E-state index >= 15 is 0 Å². The molecule has 0 bridgehead atoms. The fraction of sp³-hybridized carbons (Fsp3) is 0.538. The van der Waals surface area contributed by atoms with E-state index in [9.17, 15) is 5.11 Å². The van der Waals surface area contributed by atoms with Crippen LogP contribution in [0.15, 0.2) is 23.1 Å². The summed E-state index contributed by atoms with van der Waals surface area (Å²) in [5, 5.41) is 10.3. The number of aliphatic hydroxyl groups excluding tert-OH is 1. The second-order valence-electron chi connectivity index (χ2n) is 4.57. The Morgan fingerprint density at radius 1 is 1.44 bits per heavy atom. The molecule has 3 heteroatoms. The first-order chi connectivity index (χ1) is 7.63. The molecule has 0 fully saturated rings. The number of hydrogen-bond acceptors (Lipinski definition) is 3. The van der Waals surface area contributed by atoms with Gasteiger partial charge in [-0.25, -0.2) is 0 Å². The molecule has 0 saturated carbocycles. The summed E-state index contributed by atoms with van der Waals surface area (Å²) in [6.07, 6.45) is 1.65. The maximum absolute atomic E-state index is 10.3. The minimum atomic E-state index is -0.389. The Labute approximate surface area is 101 Å². The molecule has 1 N–H and O–H groups in total. The van der Waals surface area contributed by atoms with Gasteiger partial charge in [0.2, 0.25) is 0 Å². The van der Waals surface area contributed by atoms with Crippen LogP contribution < -0.4 is 4.74 Å². The predicted octanol–water partition coefficient (Wildman–Crippen LogP) is 3.11. The van der Waals surface area contributed by atoms with Gasteiger partial charge in [0, 0.05) is 16.4 Å². The lowest BCUT2D eigenvalue weighted by molar-refractivity contribution is 0.0261.